The maximum absolute atomic E-state index is 12.6. The molecule has 182 valence electrons. The van der Waals surface area contributed by atoms with E-state index in [2.05, 4.69) is 10.1 Å². The smallest absolute Gasteiger partial charge is 0.349 e. The number of aromatic carboxylic acids is 1. The number of para-hydroxylation sites is 1. The number of nitrogens with zero attached hydrogens (tertiary/aromatic N) is 3. The number of nitro benzene ring substituents is 1. The van der Waals surface area contributed by atoms with Crippen LogP contribution >= 0.6 is 0 Å². The molecule has 12 nitrogen and oxygen atoms in total. The normalized spacial score (nSPS) is 11.0. The molecule has 0 unspecified atom stereocenters. The van der Waals surface area contributed by atoms with Crippen LogP contribution in [0.1, 0.15) is 21.5 Å². The van der Waals surface area contributed by atoms with Crippen molar-refractivity contribution in [1.29, 1.82) is 0 Å². The van der Waals surface area contributed by atoms with E-state index in [1.54, 1.807) is 18.2 Å². The van der Waals surface area contributed by atoms with Crippen LogP contribution in [0.3, 0.4) is 0 Å². The monoisotopic (exact) mass is 490 g/mol. The summed E-state index contributed by atoms with van der Waals surface area (Å²) in [6.45, 7) is -0.0909. The molecule has 0 aliphatic carbocycles. The van der Waals surface area contributed by atoms with Crippen LogP contribution in [-0.4, -0.2) is 39.0 Å². The lowest BCUT2D eigenvalue weighted by atomic mass is 10.1. The number of methoxy groups -OCH3 is 1. The summed E-state index contributed by atoms with van der Waals surface area (Å²) < 4.78 is 11.5. The Labute approximate surface area is 201 Å². The molecule has 0 fully saturated rings. The first-order valence-corrected chi connectivity index (χ1v) is 10.4. The Kier molecular flexibility index (Phi) is 6.59. The number of nitrogens with one attached hydrogen (secondary N) is 1. The number of carboxylic acids is 1. The summed E-state index contributed by atoms with van der Waals surface area (Å²) in [6, 6.07) is 14.8. The zero-order chi connectivity index (χ0) is 25.8. The number of nitro groups is 1. The maximum Gasteiger partial charge on any atom is 0.349 e. The van der Waals surface area contributed by atoms with Crippen LogP contribution in [0.4, 0.5) is 5.69 Å². The maximum atomic E-state index is 12.6. The second-order valence-electron chi connectivity index (χ2n) is 7.46. The molecule has 0 radical (unpaired) electrons. The third-order valence-corrected chi connectivity index (χ3v) is 5.16. The molecule has 0 amide bonds. The lowest BCUT2D eigenvalue weighted by Gasteiger charge is -2.12. The summed E-state index contributed by atoms with van der Waals surface area (Å²) in [4.78, 5) is 49.6. The van der Waals surface area contributed by atoms with Gasteiger partial charge in [-0.3, -0.25) is 14.9 Å². The van der Waals surface area contributed by atoms with Gasteiger partial charge in [-0.1, -0.05) is 24.3 Å². The summed E-state index contributed by atoms with van der Waals surface area (Å²) in [5.74, 6) is -1.21. The van der Waals surface area contributed by atoms with Crippen molar-refractivity contribution in [2.75, 3.05) is 7.11 Å². The quantitative estimate of drug-likeness (QED) is 0.216. The Morgan fingerprint density at radius 1 is 1.17 bits per heavy atom. The van der Waals surface area contributed by atoms with E-state index in [4.69, 9.17) is 14.6 Å². The average molecular weight is 490 g/mol. The summed E-state index contributed by atoms with van der Waals surface area (Å²) >= 11 is 0. The van der Waals surface area contributed by atoms with Gasteiger partial charge < -0.3 is 19.6 Å². The van der Waals surface area contributed by atoms with Gasteiger partial charge in [0.1, 0.15) is 6.61 Å². The first-order chi connectivity index (χ1) is 17.3. The molecule has 0 aliphatic rings. The predicted molar refractivity (Wildman–Crippen MR) is 129 cm³/mol. The fourth-order valence-electron chi connectivity index (χ4n) is 3.40. The Bertz CT molecular complexity index is 1620. The van der Waals surface area contributed by atoms with Crippen LogP contribution in [0.2, 0.25) is 0 Å². The van der Waals surface area contributed by atoms with E-state index in [1.807, 2.05) is 0 Å². The lowest BCUT2D eigenvalue weighted by molar-refractivity contribution is -0.386. The molecule has 1 aromatic heterocycles. The highest BCUT2D eigenvalue weighted by Gasteiger charge is 2.22. The van der Waals surface area contributed by atoms with Gasteiger partial charge in [0.25, 0.3) is 5.56 Å². The van der Waals surface area contributed by atoms with E-state index in [0.717, 1.165) is 12.3 Å². The minimum Gasteiger partial charge on any atom is -0.493 e. The molecule has 4 rings (SSSR count). The van der Waals surface area contributed by atoms with Gasteiger partial charge >= 0.3 is 17.3 Å². The number of benzene rings is 3. The van der Waals surface area contributed by atoms with Crippen molar-refractivity contribution in [3.63, 3.8) is 0 Å². The van der Waals surface area contributed by atoms with Crippen LogP contribution in [-0.2, 0) is 6.61 Å². The third kappa shape index (κ3) is 4.82. The number of carbonyl (C=O) groups is 1. The zero-order valence-corrected chi connectivity index (χ0v) is 18.7. The van der Waals surface area contributed by atoms with Crippen molar-refractivity contribution in [3.8, 4) is 11.5 Å². The van der Waals surface area contributed by atoms with Crippen LogP contribution < -0.4 is 20.7 Å². The largest absolute Gasteiger partial charge is 0.493 e. The van der Waals surface area contributed by atoms with E-state index < -0.39 is 27.8 Å². The first-order valence-electron chi connectivity index (χ1n) is 10.4. The summed E-state index contributed by atoms with van der Waals surface area (Å²) in [7, 11) is 1.30. The minimum absolute atomic E-state index is 0.0209. The molecule has 0 aliphatic heterocycles. The molecular weight excluding hydrogens is 472 g/mol. The number of hydrogen-bond donors (Lipinski definition) is 2. The second kappa shape index (κ2) is 9.93. The Balaban J connectivity index is 1.67. The molecule has 3 aromatic carbocycles. The number of rotatable bonds is 8. The predicted octanol–water partition coefficient (Wildman–Crippen LogP) is 2.77. The molecular formula is C24H18N4O8. The average Bonchev–Trinajstić information content (AvgIpc) is 2.87. The van der Waals surface area contributed by atoms with Crippen LogP contribution in [0.5, 0.6) is 11.5 Å². The molecule has 0 saturated carbocycles. The van der Waals surface area contributed by atoms with E-state index >= 15 is 0 Å². The fraction of sp³-hybridized carbons (Fsp3) is 0.0833. The SMILES string of the molecule is COc1cc(C=Nn2c(=O)[nH]c3ccccc3c2=O)cc([N+](=O)[O-])c1OCc1ccc(C(=O)O)cc1. The number of fused-ring (bicyclic) bond motifs is 1. The molecule has 12 heteroatoms. The van der Waals surface area contributed by atoms with Crippen molar-refractivity contribution in [3.05, 3.63) is 108 Å². The molecule has 0 bridgehead atoms. The third-order valence-electron chi connectivity index (χ3n) is 5.16. The summed E-state index contributed by atoms with van der Waals surface area (Å²) in [6.07, 6.45) is 1.12. The van der Waals surface area contributed by atoms with Gasteiger partial charge in [0.2, 0.25) is 5.75 Å². The van der Waals surface area contributed by atoms with E-state index in [0.29, 0.717) is 15.8 Å². The van der Waals surface area contributed by atoms with Crippen molar-refractivity contribution < 1.29 is 24.3 Å². The summed E-state index contributed by atoms with van der Waals surface area (Å²) in [5.41, 5.74) is -0.650. The molecule has 0 atom stereocenters. The summed E-state index contributed by atoms with van der Waals surface area (Å²) in [5, 5.41) is 24.9. The molecule has 1 heterocycles. The lowest BCUT2D eigenvalue weighted by Crippen LogP contribution is -2.32. The van der Waals surface area contributed by atoms with E-state index in [-0.39, 0.29) is 34.6 Å². The molecule has 0 spiro atoms. The van der Waals surface area contributed by atoms with Gasteiger partial charge in [-0.15, -0.1) is 4.68 Å². The highest BCUT2D eigenvalue weighted by atomic mass is 16.6. The second-order valence-corrected chi connectivity index (χ2v) is 7.46. The highest BCUT2D eigenvalue weighted by Crippen LogP contribution is 2.38. The Hall–Kier alpha value is -5.26. The fourth-order valence-corrected chi connectivity index (χ4v) is 3.40. The first kappa shape index (κ1) is 23.9. The van der Waals surface area contributed by atoms with Gasteiger partial charge in [0, 0.05) is 11.6 Å². The van der Waals surface area contributed by atoms with Crippen LogP contribution in [0, 0.1) is 10.1 Å². The van der Waals surface area contributed by atoms with Crippen molar-refractivity contribution in [2.24, 2.45) is 5.10 Å². The van der Waals surface area contributed by atoms with Crippen LogP contribution in [0.15, 0.2) is 75.4 Å². The van der Waals surface area contributed by atoms with Gasteiger partial charge in [0.05, 0.1) is 34.7 Å². The van der Waals surface area contributed by atoms with Gasteiger partial charge in [-0.05, 0) is 35.9 Å². The number of aromatic nitrogens is 2. The Morgan fingerprint density at radius 3 is 2.56 bits per heavy atom. The Morgan fingerprint density at radius 2 is 1.89 bits per heavy atom. The molecule has 2 N–H and O–H groups in total. The number of H-pyrrole nitrogens is 1. The van der Waals surface area contributed by atoms with Crippen LogP contribution in [0.25, 0.3) is 10.9 Å². The zero-order valence-electron chi connectivity index (χ0n) is 18.7. The molecule has 4 aromatic rings. The van der Waals surface area contributed by atoms with Gasteiger partial charge in [0.15, 0.2) is 5.75 Å². The molecule has 36 heavy (non-hydrogen) atoms. The number of aromatic amines is 1. The minimum atomic E-state index is -1.08. The number of hydrogen-bond acceptors (Lipinski definition) is 8. The van der Waals surface area contributed by atoms with Crippen molar-refractivity contribution in [2.45, 2.75) is 6.61 Å². The van der Waals surface area contributed by atoms with Crippen molar-refractivity contribution >= 4 is 28.8 Å². The standard InChI is InChI=1S/C24H18N4O8/c1-35-20-11-15(12-25-27-22(29)17-4-2-3-5-18(17)26-24(27)32)10-19(28(33)34)21(20)36-13-14-6-8-16(9-7-14)23(30)31/h2-12H,13H2,1H3,(H,26,32)(H,30,31). The number of ether oxygens (including phenoxy) is 2. The highest BCUT2D eigenvalue weighted by molar-refractivity contribution is 5.87. The molecule has 0 saturated heterocycles. The van der Waals surface area contributed by atoms with Gasteiger partial charge in [-0.25, -0.2) is 9.59 Å². The van der Waals surface area contributed by atoms with E-state index in [9.17, 15) is 24.5 Å². The van der Waals surface area contributed by atoms with E-state index in [1.165, 1.54) is 43.5 Å². The number of carboxylic acid groups (broad SMARTS) is 1. The topological polar surface area (TPSA) is 166 Å². The van der Waals surface area contributed by atoms with Gasteiger partial charge in [-0.2, -0.15) is 5.10 Å². The van der Waals surface area contributed by atoms with Crippen molar-refractivity contribution in [1.82, 2.24) is 9.66 Å².